The lowest BCUT2D eigenvalue weighted by atomic mass is 10.1. The zero-order valence-corrected chi connectivity index (χ0v) is 12.0. The molecule has 1 aliphatic heterocycles. The summed E-state index contributed by atoms with van der Waals surface area (Å²) < 4.78 is 10.6. The minimum absolute atomic E-state index is 0.320. The van der Waals surface area contributed by atoms with Crippen molar-refractivity contribution in [3.8, 4) is 5.75 Å². The zero-order valence-electron chi connectivity index (χ0n) is 10.5. The van der Waals surface area contributed by atoms with Crippen molar-refractivity contribution >= 4 is 35.2 Å². The summed E-state index contributed by atoms with van der Waals surface area (Å²) in [5.74, 6) is 0.512. The number of esters is 1. The third kappa shape index (κ3) is 2.94. The molecule has 19 heavy (non-hydrogen) atoms. The van der Waals surface area contributed by atoms with E-state index in [-0.39, 0.29) is 0 Å². The fourth-order valence-electron chi connectivity index (χ4n) is 1.66. The molecule has 0 N–H and O–H groups in total. The van der Waals surface area contributed by atoms with Crippen LogP contribution in [-0.2, 0) is 9.53 Å². The summed E-state index contributed by atoms with van der Waals surface area (Å²) in [5.41, 5.74) is 1.17. The maximum Gasteiger partial charge on any atom is 0.337 e. The van der Waals surface area contributed by atoms with Gasteiger partial charge < -0.3 is 9.47 Å². The van der Waals surface area contributed by atoms with Gasteiger partial charge in [0.2, 0.25) is 0 Å². The summed E-state index contributed by atoms with van der Waals surface area (Å²) in [6.45, 7) is 3.72. The lowest BCUT2D eigenvalue weighted by molar-refractivity contribution is -0.138. The molecule has 5 heteroatoms. The maximum absolute atomic E-state index is 11.6. The van der Waals surface area contributed by atoms with Crippen LogP contribution in [0.2, 0.25) is 10.0 Å². The van der Waals surface area contributed by atoms with Crippen LogP contribution in [0.4, 0.5) is 0 Å². The van der Waals surface area contributed by atoms with Gasteiger partial charge in [-0.3, -0.25) is 0 Å². The number of fused-ring (bicyclic) bond motifs is 1. The number of hydrogen-bond donors (Lipinski definition) is 0. The van der Waals surface area contributed by atoms with E-state index in [0.29, 0.717) is 33.7 Å². The Hall–Kier alpha value is -1.45. The molecule has 0 aromatic heterocycles. The topological polar surface area (TPSA) is 35.5 Å². The van der Waals surface area contributed by atoms with Crippen molar-refractivity contribution in [1.29, 1.82) is 0 Å². The van der Waals surface area contributed by atoms with Crippen molar-refractivity contribution < 1.29 is 14.3 Å². The molecule has 0 saturated heterocycles. The molecule has 0 unspecified atom stereocenters. The van der Waals surface area contributed by atoms with E-state index in [4.69, 9.17) is 32.7 Å². The second kappa shape index (κ2) is 5.68. The predicted molar refractivity (Wildman–Crippen MR) is 75.5 cm³/mol. The largest absolute Gasteiger partial charge is 0.463 e. The number of ether oxygens (including phenoxy) is 2. The van der Waals surface area contributed by atoms with Gasteiger partial charge in [0.15, 0.2) is 5.75 Å². The van der Waals surface area contributed by atoms with Gasteiger partial charge in [0, 0.05) is 10.6 Å². The molecule has 3 nitrogen and oxygen atoms in total. The first-order valence-corrected chi connectivity index (χ1v) is 6.51. The van der Waals surface area contributed by atoms with Gasteiger partial charge in [0.25, 0.3) is 0 Å². The van der Waals surface area contributed by atoms with Crippen molar-refractivity contribution in [3.63, 3.8) is 0 Å². The summed E-state index contributed by atoms with van der Waals surface area (Å²) >= 11 is 12.0. The third-order valence-corrected chi connectivity index (χ3v) is 3.11. The van der Waals surface area contributed by atoms with Crippen molar-refractivity contribution in [2.24, 2.45) is 0 Å². The van der Waals surface area contributed by atoms with Gasteiger partial charge in [-0.05, 0) is 38.1 Å². The normalized spacial score (nSPS) is 15.6. The molecule has 1 aliphatic rings. The number of rotatable bonds is 2. The fourth-order valence-corrected chi connectivity index (χ4v) is 2.21. The van der Waals surface area contributed by atoms with E-state index >= 15 is 0 Å². The number of carbonyl (C=O) groups is 1. The van der Waals surface area contributed by atoms with Gasteiger partial charge in [-0.25, -0.2) is 4.79 Å². The van der Waals surface area contributed by atoms with Crippen molar-refractivity contribution in [3.05, 3.63) is 45.1 Å². The fraction of sp³-hybridized carbons (Fsp3) is 0.214. The smallest absolute Gasteiger partial charge is 0.337 e. The number of hydrogen-bond acceptors (Lipinski definition) is 3. The molecular weight excluding hydrogens is 287 g/mol. The quantitative estimate of drug-likeness (QED) is 0.605. The molecule has 2 rings (SSSR count). The standard InChI is InChI=1S/C14H12Cl2O3/c1-3-18-14(17)8(2)12-5-4-9-6-10(15)7-11(16)13(9)19-12/h4-7H,3H2,1-2H3/b12-8+. The van der Waals surface area contributed by atoms with Gasteiger partial charge in [0.1, 0.15) is 5.76 Å². The summed E-state index contributed by atoms with van der Waals surface area (Å²) in [6, 6.07) is 3.34. The Labute approximate surface area is 121 Å². The highest BCUT2D eigenvalue weighted by Crippen LogP contribution is 2.37. The van der Waals surface area contributed by atoms with E-state index in [2.05, 4.69) is 0 Å². The summed E-state index contributed by atoms with van der Waals surface area (Å²) in [5, 5.41) is 0.938. The van der Waals surface area contributed by atoms with Gasteiger partial charge in [-0.15, -0.1) is 0 Å². The summed E-state index contributed by atoms with van der Waals surface area (Å²) in [7, 11) is 0. The van der Waals surface area contributed by atoms with Gasteiger partial charge in [0.05, 0.1) is 17.2 Å². The second-order valence-corrected chi connectivity index (χ2v) is 4.79. The van der Waals surface area contributed by atoms with Crippen LogP contribution in [0, 0.1) is 0 Å². The van der Waals surface area contributed by atoms with Crippen LogP contribution in [0.15, 0.2) is 29.5 Å². The van der Waals surface area contributed by atoms with Crippen LogP contribution in [0.3, 0.4) is 0 Å². The first-order chi connectivity index (χ1) is 9.02. The van der Waals surface area contributed by atoms with E-state index in [9.17, 15) is 4.79 Å². The SMILES string of the molecule is CCOC(=O)/C(C)=C1\C=Cc2cc(Cl)cc(Cl)c2O1. The monoisotopic (exact) mass is 298 g/mol. The van der Waals surface area contributed by atoms with Crippen molar-refractivity contribution in [2.75, 3.05) is 6.61 Å². The highest BCUT2D eigenvalue weighted by atomic mass is 35.5. The first-order valence-electron chi connectivity index (χ1n) is 5.76. The minimum Gasteiger partial charge on any atom is -0.463 e. The average molecular weight is 299 g/mol. The number of allylic oxidation sites excluding steroid dienone is 1. The molecular formula is C14H12Cl2O3. The van der Waals surface area contributed by atoms with Crippen LogP contribution in [0.25, 0.3) is 6.08 Å². The molecule has 0 bridgehead atoms. The molecule has 1 heterocycles. The predicted octanol–water partition coefficient (Wildman–Crippen LogP) is 4.24. The molecule has 0 spiro atoms. The zero-order chi connectivity index (χ0) is 14.0. The molecule has 0 atom stereocenters. The van der Waals surface area contributed by atoms with E-state index < -0.39 is 5.97 Å². The van der Waals surface area contributed by atoms with Crippen LogP contribution in [0.5, 0.6) is 5.75 Å². The lowest BCUT2D eigenvalue weighted by Crippen LogP contribution is -2.11. The van der Waals surface area contributed by atoms with Crippen molar-refractivity contribution in [2.45, 2.75) is 13.8 Å². The van der Waals surface area contributed by atoms with E-state index in [1.807, 2.05) is 0 Å². The number of benzene rings is 1. The van der Waals surface area contributed by atoms with E-state index in [1.165, 1.54) is 0 Å². The summed E-state index contributed by atoms with van der Waals surface area (Å²) in [4.78, 5) is 11.6. The molecule has 1 aromatic rings. The van der Waals surface area contributed by atoms with Crippen LogP contribution in [-0.4, -0.2) is 12.6 Å². The molecule has 0 fully saturated rings. The van der Waals surface area contributed by atoms with E-state index in [1.54, 1.807) is 38.1 Å². The Morgan fingerprint density at radius 1 is 1.32 bits per heavy atom. The molecule has 100 valence electrons. The van der Waals surface area contributed by atoms with Crippen molar-refractivity contribution in [1.82, 2.24) is 0 Å². The Bertz CT molecular complexity index is 589. The Morgan fingerprint density at radius 3 is 2.74 bits per heavy atom. The maximum atomic E-state index is 11.6. The van der Waals surface area contributed by atoms with Gasteiger partial charge >= 0.3 is 5.97 Å². The van der Waals surface area contributed by atoms with Crippen LogP contribution < -0.4 is 4.74 Å². The highest BCUT2D eigenvalue weighted by Gasteiger charge is 2.19. The number of carbonyl (C=O) groups excluding carboxylic acids is 1. The summed E-state index contributed by atoms with van der Waals surface area (Å²) in [6.07, 6.45) is 3.50. The molecule has 0 radical (unpaired) electrons. The lowest BCUT2D eigenvalue weighted by Gasteiger charge is -2.18. The Kier molecular flexibility index (Phi) is 4.17. The van der Waals surface area contributed by atoms with E-state index in [0.717, 1.165) is 5.56 Å². The minimum atomic E-state index is -0.407. The third-order valence-electron chi connectivity index (χ3n) is 2.61. The van der Waals surface area contributed by atoms with Gasteiger partial charge in [-0.1, -0.05) is 23.2 Å². The molecule has 0 aliphatic carbocycles. The molecule has 1 aromatic carbocycles. The van der Waals surface area contributed by atoms with Crippen LogP contribution in [0.1, 0.15) is 19.4 Å². The Morgan fingerprint density at radius 2 is 2.05 bits per heavy atom. The highest BCUT2D eigenvalue weighted by molar-refractivity contribution is 6.36. The first kappa shape index (κ1) is 14.0. The van der Waals surface area contributed by atoms with Crippen LogP contribution >= 0.6 is 23.2 Å². The number of halogens is 2. The molecule has 0 saturated carbocycles. The molecule has 0 amide bonds. The van der Waals surface area contributed by atoms with Gasteiger partial charge in [-0.2, -0.15) is 0 Å². The second-order valence-electron chi connectivity index (χ2n) is 3.95. The average Bonchev–Trinajstić information content (AvgIpc) is 2.37. The Balaban J connectivity index is 2.38.